The number of fused-ring (bicyclic) bond motifs is 5. The minimum absolute atomic E-state index is 0.889. The van der Waals surface area contributed by atoms with Crippen LogP contribution in [-0.2, 0) is 0 Å². The molecular weight excluding hydrogens is 264 g/mol. The summed E-state index contributed by atoms with van der Waals surface area (Å²) in [6, 6.07) is 0. The fourth-order valence-electron chi connectivity index (χ4n) is 7.51. The van der Waals surface area contributed by atoms with Crippen LogP contribution in [0.5, 0.6) is 0 Å². The van der Waals surface area contributed by atoms with E-state index in [2.05, 4.69) is 20.4 Å². The van der Waals surface area contributed by atoms with Crippen LogP contribution in [0.2, 0.25) is 0 Å². The van der Waals surface area contributed by atoms with E-state index in [1.54, 1.807) is 37.7 Å². The smallest absolute Gasteiger partial charge is 0.0175 e. The zero-order chi connectivity index (χ0) is 15.3. The molecule has 7 unspecified atom stereocenters. The molecule has 4 aliphatic carbocycles. The molecule has 0 heteroatoms. The topological polar surface area (TPSA) is 0 Å². The van der Waals surface area contributed by atoms with Crippen LogP contribution in [0.15, 0.2) is 12.2 Å². The Labute approximate surface area is 138 Å². The van der Waals surface area contributed by atoms with Crippen LogP contribution in [0, 0.1) is 47.3 Å². The molecule has 8 atom stereocenters. The van der Waals surface area contributed by atoms with E-state index in [1.165, 1.54) is 32.1 Å². The van der Waals surface area contributed by atoms with Crippen molar-refractivity contribution in [1.82, 2.24) is 0 Å². The zero-order valence-corrected chi connectivity index (χ0v) is 14.9. The fraction of sp³-hybridized carbons (Fsp3) is 0.909. The van der Waals surface area contributed by atoms with Crippen LogP contribution in [0.25, 0.3) is 0 Å². The first kappa shape index (κ1) is 15.3. The number of rotatable bonds is 2. The fourth-order valence-corrected chi connectivity index (χ4v) is 7.51. The van der Waals surface area contributed by atoms with Gasteiger partial charge in [0.25, 0.3) is 0 Å². The average molecular weight is 301 g/mol. The lowest BCUT2D eigenvalue weighted by atomic mass is 9.52. The van der Waals surface area contributed by atoms with Gasteiger partial charge in [0.05, 0.1) is 0 Å². The van der Waals surface area contributed by atoms with Crippen molar-refractivity contribution in [2.24, 2.45) is 47.3 Å². The van der Waals surface area contributed by atoms with E-state index in [0.29, 0.717) is 0 Å². The molecule has 0 bridgehead atoms. The predicted molar refractivity (Wildman–Crippen MR) is 94.6 cm³/mol. The molecule has 4 fully saturated rings. The Hall–Kier alpha value is -0.260. The SMILES string of the molecule is C=C(CC)C1CCC2C3CCC4CC(C)CCC4C3CC[C@@H]12. The highest BCUT2D eigenvalue weighted by molar-refractivity contribution is 5.10. The van der Waals surface area contributed by atoms with Crippen molar-refractivity contribution < 1.29 is 0 Å². The first-order chi connectivity index (χ1) is 10.7. The molecule has 0 aromatic carbocycles. The second kappa shape index (κ2) is 5.99. The standard InChI is InChI=1S/C22H36/c1-4-15(3)17-9-10-22-19(17)11-12-20-18-7-5-14(2)13-16(18)6-8-21(20)22/h14,16-22H,3-13H2,1-2H3/t14?,16?,17?,18?,19-,20?,21?,22?/m0/s1. The summed E-state index contributed by atoms with van der Waals surface area (Å²) in [6.45, 7) is 9.24. The summed E-state index contributed by atoms with van der Waals surface area (Å²) in [4.78, 5) is 0. The molecule has 0 radical (unpaired) electrons. The van der Waals surface area contributed by atoms with Crippen molar-refractivity contribution in [2.45, 2.75) is 78.1 Å². The average Bonchev–Trinajstić information content (AvgIpc) is 2.97. The number of hydrogen-bond acceptors (Lipinski definition) is 0. The minimum atomic E-state index is 0.889. The minimum Gasteiger partial charge on any atom is -0.0996 e. The van der Waals surface area contributed by atoms with Crippen LogP contribution < -0.4 is 0 Å². The Balaban J connectivity index is 1.49. The van der Waals surface area contributed by atoms with Crippen molar-refractivity contribution in [3.63, 3.8) is 0 Å². The Morgan fingerprint density at radius 3 is 2.18 bits per heavy atom. The molecule has 0 nitrogen and oxygen atoms in total. The largest absolute Gasteiger partial charge is 0.0996 e. The molecule has 0 aromatic rings. The summed E-state index contributed by atoms with van der Waals surface area (Å²) < 4.78 is 0. The predicted octanol–water partition coefficient (Wildman–Crippen LogP) is 6.47. The van der Waals surface area contributed by atoms with E-state index < -0.39 is 0 Å². The summed E-state index contributed by atoms with van der Waals surface area (Å²) in [5, 5.41) is 0. The highest BCUT2D eigenvalue weighted by Gasteiger charge is 2.51. The van der Waals surface area contributed by atoms with E-state index in [9.17, 15) is 0 Å². The van der Waals surface area contributed by atoms with Crippen LogP contribution in [-0.4, -0.2) is 0 Å². The molecule has 4 saturated carbocycles. The molecular formula is C22H36. The van der Waals surface area contributed by atoms with Gasteiger partial charge in [-0.15, -0.1) is 0 Å². The van der Waals surface area contributed by atoms with Gasteiger partial charge in [0.15, 0.2) is 0 Å². The first-order valence-electron chi connectivity index (χ1n) is 10.4. The van der Waals surface area contributed by atoms with E-state index in [-0.39, 0.29) is 0 Å². The van der Waals surface area contributed by atoms with Gasteiger partial charge < -0.3 is 0 Å². The summed E-state index contributed by atoms with van der Waals surface area (Å²) in [7, 11) is 0. The second-order valence-electron chi connectivity index (χ2n) is 9.35. The number of allylic oxidation sites excluding steroid dienone is 1. The molecule has 124 valence electrons. The van der Waals surface area contributed by atoms with E-state index in [1.807, 2.05) is 0 Å². The monoisotopic (exact) mass is 300 g/mol. The van der Waals surface area contributed by atoms with Crippen molar-refractivity contribution in [3.05, 3.63) is 12.2 Å². The Morgan fingerprint density at radius 1 is 0.773 bits per heavy atom. The molecule has 4 aliphatic rings. The Kier molecular flexibility index (Phi) is 4.16. The van der Waals surface area contributed by atoms with E-state index >= 15 is 0 Å². The zero-order valence-electron chi connectivity index (χ0n) is 14.9. The number of hydrogen-bond donors (Lipinski definition) is 0. The Bertz CT molecular complexity index is 422. The maximum atomic E-state index is 4.42. The Morgan fingerprint density at radius 2 is 1.36 bits per heavy atom. The summed E-state index contributed by atoms with van der Waals surface area (Å²) in [5.41, 5.74) is 1.58. The van der Waals surface area contributed by atoms with Crippen LogP contribution in [0.1, 0.15) is 78.1 Å². The van der Waals surface area contributed by atoms with Crippen molar-refractivity contribution in [3.8, 4) is 0 Å². The molecule has 0 aromatic heterocycles. The maximum absolute atomic E-state index is 4.42. The molecule has 22 heavy (non-hydrogen) atoms. The normalized spacial score (nSPS) is 50.8. The van der Waals surface area contributed by atoms with Gasteiger partial charge in [-0.05, 0) is 105 Å². The van der Waals surface area contributed by atoms with Gasteiger partial charge in [0.1, 0.15) is 0 Å². The lowest BCUT2D eigenvalue weighted by molar-refractivity contribution is -0.0308. The molecule has 0 N–H and O–H groups in total. The first-order valence-corrected chi connectivity index (χ1v) is 10.4. The molecule has 0 heterocycles. The lowest BCUT2D eigenvalue weighted by Crippen LogP contribution is -2.45. The molecule has 0 spiro atoms. The third-order valence-electron chi connectivity index (χ3n) is 8.51. The highest BCUT2D eigenvalue weighted by Crippen LogP contribution is 2.60. The molecule has 0 aliphatic heterocycles. The van der Waals surface area contributed by atoms with Gasteiger partial charge in [0, 0.05) is 0 Å². The third kappa shape index (κ3) is 2.40. The van der Waals surface area contributed by atoms with Gasteiger partial charge >= 0.3 is 0 Å². The summed E-state index contributed by atoms with van der Waals surface area (Å²) in [6.07, 6.45) is 15.1. The maximum Gasteiger partial charge on any atom is -0.0175 e. The van der Waals surface area contributed by atoms with Crippen LogP contribution in [0.3, 0.4) is 0 Å². The van der Waals surface area contributed by atoms with Gasteiger partial charge in [-0.3, -0.25) is 0 Å². The lowest BCUT2D eigenvalue weighted by Gasteiger charge is -2.53. The van der Waals surface area contributed by atoms with Crippen LogP contribution >= 0.6 is 0 Å². The van der Waals surface area contributed by atoms with Gasteiger partial charge in [-0.25, -0.2) is 0 Å². The van der Waals surface area contributed by atoms with Crippen molar-refractivity contribution in [1.29, 1.82) is 0 Å². The van der Waals surface area contributed by atoms with Gasteiger partial charge in [-0.2, -0.15) is 0 Å². The van der Waals surface area contributed by atoms with Crippen molar-refractivity contribution in [2.75, 3.05) is 0 Å². The van der Waals surface area contributed by atoms with Crippen LogP contribution in [0.4, 0.5) is 0 Å². The molecule has 0 saturated heterocycles. The highest BCUT2D eigenvalue weighted by atomic mass is 14.6. The summed E-state index contributed by atoms with van der Waals surface area (Å²) in [5.74, 6) is 8.43. The van der Waals surface area contributed by atoms with Crippen molar-refractivity contribution >= 4 is 0 Å². The van der Waals surface area contributed by atoms with Gasteiger partial charge in [0.2, 0.25) is 0 Å². The second-order valence-corrected chi connectivity index (χ2v) is 9.35. The third-order valence-corrected chi connectivity index (χ3v) is 8.51. The molecule has 0 amide bonds. The molecule has 4 rings (SSSR count). The van der Waals surface area contributed by atoms with Gasteiger partial charge in [-0.1, -0.05) is 32.4 Å². The van der Waals surface area contributed by atoms with E-state index in [4.69, 9.17) is 0 Å². The summed E-state index contributed by atoms with van der Waals surface area (Å²) >= 11 is 0. The van der Waals surface area contributed by atoms with E-state index in [0.717, 1.165) is 47.3 Å². The quantitative estimate of drug-likeness (QED) is 0.513.